The summed E-state index contributed by atoms with van der Waals surface area (Å²) in [6, 6.07) is 5.93. The highest BCUT2D eigenvalue weighted by Crippen LogP contribution is 2.18. The van der Waals surface area contributed by atoms with Crippen LogP contribution in [-0.4, -0.2) is 46.0 Å². The molecular weight excluding hydrogens is 270 g/mol. The number of carbonyl (C=O) groups excluding carboxylic acids is 2. The zero-order valence-electron chi connectivity index (χ0n) is 9.87. The number of rotatable bonds is 5. The Kier molecular flexibility index (Phi) is 4.06. The quantitative estimate of drug-likeness (QED) is 0.879. The Morgan fingerprint density at radius 1 is 1.32 bits per heavy atom. The van der Waals surface area contributed by atoms with Crippen molar-refractivity contribution in [2.45, 2.75) is 0 Å². The van der Waals surface area contributed by atoms with Gasteiger partial charge in [-0.15, -0.1) is 0 Å². The maximum absolute atomic E-state index is 11.3. The van der Waals surface area contributed by atoms with E-state index in [2.05, 4.69) is 0 Å². The molecule has 7 heteroatoms. The van der Waals surface area contributed by atoms with Crippen molar-refractivity contribution in [3.05, 3.63) is 29.8 Å². The average Bonchev–Trinajstić information content (AvgIpc) is 2.71. The van der Waals surface area contributed by atoms with Gasteiger partial charge in [-0.05, 0) is 24.3 Å². The van der Waals surface area contributed by atoms with Crippen LogP contribution in [0.25, 0.3) is 0 Å². The number of carboxylic acid groups (broad SMARTS) is 1. The van der Waals surface area contributed by atoms with E-state index in [-0.39, 0.29) is 35.6 Å². The summed E-state index contributed by atoms with van der Waals surface area (Å²) in [5, 5.41) is 8.47. The summed E-state index contributed by atoms with van der Waals surface area (Å²) >= 11 is 0.982. The zero-order valence-corrected chi connectivity index (χ0v) is 10.7. The minimum atomic E-state index is -1.00. The molecule has 1 heterocycles. The van der Waals surface area contributed by atoms with Crippen LogP contribution in [0.5, 0.6) is 5.75 Å². The number of imide groups is 1. The fourth-order valence-corrected chi connectivity index (χ4v) is 2.30. The molecule has 1 saturated heterocycles. The number of benzene rings is 1. The Bertz CT molecular complexity index is 497. The number of nitrogens with zero attached hydrogens (tertiary/aromatic N) is 1. The molecule has 0 aliphatic carbocycles. The van der Waals surface area contributed by atoms with E-state index in [1.54, 1.807) is 0 Å². The number of aromatic carboxylic acids is 1. The van der Waals surface area contributed by atoms with E-state index >= 15 is 0 Å². The van der Waals surface area contributed by atoms with Crippen molar-refractivity contribution < 1.29 is 24.2 Å². The molecule has 1 fully saturated rings. The number of carbonyl (C=O) groups is 3. The molecule has 0 aromatic heterocycles. The van der Waals surface area contributed by atoms with E-state index < -0.39 is 5.97 Å². The highest BCUT2D eigenvalue weighted by molar-refractivity contribution is 8.14. The van der Waals surface area contributed by atoms with E-state index in [0.29, 0.717) is 5.75 Å². The third-order valence-electron chi connectivity index (χ3n) is 2.53. The van der Waals surface area contributed by atoms with Crippen LogP contribution in [-0.2, 0) is 4.79 Å². The van der Waals surface area contributed by atoms with Gasteiger partial charge in [0.15, 0.2) is 0 Å². The molecule has 0 saturated carbocycles. The SMILES string of the molecule is O=C(O)c1ccc(OCCN2C(=O)CSC2=O)cc1. The van der Waals surface area contributed by atoms with Gasteiger partial charge in [0.25, 0.3) is 5.24 Å². The molecule has 1 N–H and O–H groups in total. The van der Waals surface area contributed by atoms with Crippen LogP contribution in [0.1, 0.15) is 10.4 Å². The second kappa shape index (κ2) is 5.75. The van der Waals surface area contributed by atoms with Crippen LogP contribution in [0, 0.1) is 0 Å². The summed E-state index contributed by atoms with van der Waals surface area (Å²) in [6.07, 6.45) is 0. The lowest BCUT2D eigenvalue weighted by molar-refractivity contribution is -0.124. The lowest BCUT2D eigenvalue weighted by Gasteiger charge is -2.13. The predicted octanol–water partition coefficient (Wildman–Crippen LogP) is 1.46. The van der Waals surface area contributed by atoms with Crippen molar-refractivity contribution >= 4 is 28.9 Å². The van der Waals surface area contributed by atoms with Gasteiger partial charge in [-0.1, -0.05) is 11.8 Å². The van der Waals surface area contributed by atoms with E-state index in [1.807, 2.05) is 0 Å². The topological polar surface area (TPSA) is 83.9 Å². The molecule has 1 aromatic rings. The Balaban J connectivity index is 1.84. The Morgan fingerprint density at radius 2 is 2.00 bits per heavy atom. The van der Waals surface area contributed by atoms with Crippen LogP contribution in [0.3, 0.4) is 0 Å². The molecule has 19 heavy (non-hydrogen) atoms. The van der Waals surface area contributed by atoms with Crippen LogP contribution in [0.15, 0.2) is 24.3 Å². The molecule has 2 amide bonds. The first-order valence-corrected chi connectivity index (χ1v) is 6.50. The highest BCUT2D eigenvalue weighted by atomic mass is 32.2. The van der Waals surface area contributed by atoms with E-state index in [9.17, 15) is 14.4 Å². The highest BCUT2D eigenvalue weighted by Gasteiger charge is 2.29. The van der Waals surface area contributed by atoms with Crippen molar-refractivity contribution in [2.24, 2.45) is 0 Å². The van der Waals surface area contributed by atoms with E-state index in [1.165, 1.54) is 24.3 Å². The van der Waals surface area contributed by atoms with Crippen molar-refractivity contribution in [3.63, 3.8) is 0 Å². The van der Waals surface area contributed by atoms with Gasteiger partial charge in [-0.3, -0.25) is 14.5 Å². The zero-order chi connectivity index (χ0) is 13.8. The smallest absolute Gasteiger partial charge is 0.335 e. The van der Waals surface area contributed by atoms with Crippen molar-refractivity contribution in [3.8, 4) is 5.75 Å². The predicted molar refractivity (Wildman–Crippen MR) is 68.5 cm³/mol. The van der Waals surface area contributed by atoms with Crippen molar-refractivity contribution in [1.29, 1.82) is 0 Å². The first kappa shape index (κ1) is 13.4. The largest absolute Gasteiger partial charge is 0.492 e. The van der Waals surface area contributed by atoms with Gasteiger partial charge in [-0.2, -0.15) is 0 Å². The summed E-state index contributed by atoms with van der Waals surface area (Å²) in [4.78, 5) is 34.4. The second-order valence-corrected chi connectivity index (χ2v) is 4.70. The summed E-state index contributed by atoms with van der Waals surface area (Å²) in [5.74, 6) is -0.528. The van der Waals surface area contributed by atoms with Crippen molar-refractivity contribution in [1.82, 2.24) is 4.90 Å². The van der Waals surface area contributed by atoms with Gasteiger partial charge in [0.1, 0.15) is 12.4 Å². The van der Waals surface area contributed by atoms with Gasteiger partial charge >= 0.3 is 5.97 Å². The van der Waals surface area contributed by atoms with E-state index in [0.717, 1.165) is 16.7 Å². The fourth-order valence-electron chi connectivity index (χ4n) is 1.55. The number of ether oxygens (including phenoxy) is 1. The molecule has 0 spiro atoms. The first-order chi connectivity index (χ1) is 9.08. The molecule has 2 rings (SSSR count). The van der Waals surface area contributed by atoms with Crippen molar-refractivity contribution in [2.75, 3.05) is 18.9 Å². The van der Waals surface area contributed by atoms with E-state index in [4.69, 9.17) is 9.84 Å². The number of thioether (sulfide) groups is 1. The van der Waals surface area contributed by atoms with Gasteiger partial charge in [0.2, 0.25) is 5.91 Å². The summed E-state index contributed by atoms with van der Waals surface area (Å²) < 4.78 is 5.35. The maximum Gasteiger partial charge on any atom is 0.335 e. The second-order valence-electron chi connectivity index (χ2n) is 3.78. The monoisotopic (exact) mass is 281 g/mol. The number of hydrogen-bond donors (Lipinski definition) is 1. The van der Waals surface area contributed by atoms with Gasteiger partial charge in [0.05, 0.1) is 17.9 Å². The first-order valence-electron chi connectivity index (χ1n) is 5.51. The summed E-state index contributed by atoms with van der Waals surface area (Å²) in [6.45, 7) is 0.385. The molecule has 1 aromatic carbocycles. The molecule has 1 aliphatic rings. The molecule has 0 radical (unpaired) electrons. The fraction of sp³-hybridized carbons (Fsp3) is 0.250. The number of hydrogen-bond acceptors (Lipinski definition) is 5. The summed E-state index contributed by atoms with van der Waals surface area (Å²) in [5.41, 5.74) is 0.175. The third-order valence-corrected chi connectivity index (χ3v) is 3.38. The van der Waals surface area contributed by atoms with Gasteiger partial charge in [0, 0.05) is 0 Å². The molecule has 1 aliphatic heterocycles. The van der Waals surface area contributed by atoms with Gasteiger partial charge in [-0.25, -0.2) is 4.79 Å². The molecule has 0 bridgehead atoms. The summed E-state index contributed by atoms with van der Waals surface area (Å²) in [7, 11) is 0. The minimum Gasteiger partial charge on any atom is -0.492 e. The van der Waals surface area contributed by atoms with Crippen LogP contribution in [0.4, 0.5) is 4.79 Å². The van der Waals surface area contributed by atoms with Crippen LogP contribution < -0.4 is 4.74 Å². The number of carboxylic acids is 1. The normalized spacial score (nSPS) is 14.8. The van der Waals surface area contributed by atoms with Gasteiger partial charge < -0.3 is 9.84 Å². The molecule has 0 unspecified atom stereocenters. The minimum absolute atomic E-state index is 0.175. The number of amides is 2. The molecule has 0 atom stereocenters. The average molecular weight is 281 g/mol. The third kappa shape index (κ3) is 3.25. The Labute approximate surface area is 113 Å². The maximum atomic E-state index is 11.3. The lowest BCUT2D eigenvalue weighted by atomic mass is 10.2. The molecular formula is C12H11NO5S. The molecule has 6 nitrogen and oxygen atoms in total. The van der Waals surface area contributed by atoms with Crippen LogP contribution >= 0.6 is 11.8 Å². The Hall–Kier alpha value is -2.02. The standard InChI is InChI=1S/C12H11NO5S/c14-10-7-19-12(17)13(10)5-6-18-9-3-1-8(2-4-9)11(15)16/h1-4H,5-7H2,(H,15,16). The Morgan fingerprint density at radius 3 is 2.53 bits per heavy atom. The molecule has 100 valence electrons. The van der Waals surface area contributed by atoms with Crippen LogP contribution in [0.2, 0.25) is 0 Å². The lowest BCUT2D eigenvalue weighted by Crippen LogP contribution is -2.32.